The summed E-state index contributed by atoms with van der Waals surface area (Å²) in [6.45, 7) is 3.30. The van der Waals surface area contributed by atoms with Crippen molar-refractivity contribution in [3.05, 3.63) is 58.7 Å². The molecule has 4 atom stereocenters. The van der Waals surface area contributed by atoms with E-state index in [0.717, 1.165) is 11.6 Å². The van der Waals surface area contributed by atoms with Crippen LogP contribution < -0.4 is 5.73 Å². The van der Waals surface area contributed by atoms with Gasteiger partial charge in [0.25, 0.3) is 5.91 Å². The van der Waals surface area contributed by atoms with Crippen LogP contribution in [0.4, 0.5) is 29.3 Å². The maximum Gasteiger partial charge on any atom is 0.416 e. The van der Waals surface area contributed by atoms with Gasteiger partial charge in [-0.2, -0.15) is 18.3 Å². The highest BCUT2D eigenvalue weighted by atomic mass is 19.4. The Bertz CT molecular complexity index is 1280. The van der Waals surface area contributed by atoms with Crippen molar-refractivity contribution in [3.8, 4) is 0 Å². The van der Waals surface area contributed by atoms with E-state index >= 15 is 0 Å². The molecule has 0 bridgehead atoms. The standard InChI is InChI=1S/C26H27F3N6O2/c27-26(28,29)17-3-1-16-9-33(6-5-14(16)7-17)25(37)35-12-20-18-10-34(11-19(18)21(20)13-35)24(36)15-2-4-22(30)23(8-15)32-31/h1-4,7-8,18-21,31H,5-6,9-13,30H2/t18-,19+,20+,21?/m0/s1. The summed E-state index contributed by atoms with van der Waals surface area (Å²) in [6, 6.07) is 8.53. The van der Waals surface area contributed by atoms with Crippen molar-refractivity contribution in [2.45, 2.75) is 19.1 Å². The zero-order valence-electron chi connectivity index (χ0n) is 20.0. The van der Waals surface area contributed by atoms with E-state index in [1.54, 1.807) is 23.1 Å². The Hall–Kier alpha value is -3.63. The Balaban J connectivity index is 1.07. The van der Waals surface area contributed by atoms with Gasteiger partial charge < -0.3 is 20.4 Å². The van der Waals surface area contributed by atoms with E-state index in [1.807, 2.05) is 9.80 Å². The predicted octanol–water partition coefficient (Wildman–Crippen LogP) is 4.38. The molecule has 8 nitrogen and oxygen atoms in total. The summed E-state index contributed by atoms with van der Waals surface area (Å²) < 4.78 is 39.1. The smallest absolute Gasteiger partial charge is 0.397 e. The van der Waals surface area contributed by atoms with Gasteiger partial charge in [0.05, 0.1) is 11.3 Å². The zero-order valence-corrected chi connectivity index (χ0v) is 20.0. The van der Waals surface area contributed by atoms with Crippen molar-refractivity contribution in [2.24, 2.45) is 28.8 Å². The number of fused-ring (bicyclic) bond motifs is 5. The fourth-order valence-corrected chi connectivity index (χ4v) is 6.75. The summed E-state index contributed by atoms with van der Waals surface area (Å²) >= 11 is 0. The van der Waals surface area contributed by atoms with Gasteiger partial charge in [-0.1, -0.05) is 6.07 Å². The monoisotopic (exact) mass is 512 g/mol. The maximum atomic E-state index is 13.3. The van der Waals surface area contributed by atoms with Gasteiger partial charge in [0.1, 0.15) is 5.69 Å². The molecule has 3 N–H and O–H groups in total. The van der Waals surface area contributed by atoms with Crippen LogP contribution in [0.2, 0.25) is 0 Å². The molecule has 37 heavy (non-hydrogen) atoms. The lowest BCUT2D eigenvalue weighted by Gasteiger charge is -2.42. The highest BCUT2D eigenvalue weighted by molar-refractivity contribution is 5.96. The number of hydrogen-bond donors (Lipinski definition) is 2. The average molecular weight is 513 g/mol. The first-order valence-corrected chi connectivity index (χ1v) is 12.4. The molecule has 2 aromatic carbocycles. The Morgan fingerprint density at radius 1 is 0.892 bits per heavy atom. The third kappa shape index (κ3) is 3.91. The fourth-order valence-electron chi connectivity index (χ4n) is 6.75. The summed E-state index contributed by atoms with van der Waals surface area (Å²) in [5, 5.41) is 3.39. The number of rotatable bonds is 2. The van der Waals surface area contributed by atoms with Crippen molar-refractivity contribution in [1.82, 2.24) is 14.7 Å². The maximum absolute atomic E-state index is 13.3. The molecular formula is C26H27F3N6O2. The number of benzene rings is 2. The van der Waals surface area contributed by atoms with Crippen LogP contribution in [-0.4, -0.2) is 59.4 Å². The number of likely N-dealkylation sites (tertiary alicyclic amines) is 2. The number of nitrogens with one attached hydrogen (secondary N) is 1. The van der Waals surface area contributed by atoms with Crippen LogP contribution >= 0.6 is 0 Å². The van der Waals surface area contributed by atoms with Crippen LogP contribution in [0.15, 0.2) is 41.5 Å². The molecular weight excluding hydrogens is 485 g/mol. The molecule has 0 aromatic heterocycles. The molecule has 1 aliphatic carbocycles. The van der Waals surface area contributed by atoms with E-state index in [4.69, 9.17) is 11.3 Å². The highest BCUT2D eigenvalue weighted by Crippen LogP contribution is 2.54. The van der Waals surface area contributed by atoms with E-state index in [2.05, 4.69) is 5.11 Å². The van der Waals surface area contributed by atoms with Crippen LogP contribution in [0.1, 0.15) is 27.0 Å². The van der Waals surface area contributed by atoms with Crippen molar-refractivity contribution in [1.29, 1.82) is 5.53 Å². The molecule has 3 fully saturated rings. The first-order valence-electron chi connectivity index (χ1n) is 12.4. The van der Waals surface area contributed by atoms with Gasteiger partial charge in [-0.25, -0.2) is 10.3 Å². The second kappa shape index (κ2) is 8.46. The first kappa shape index (κ1) is 23.7. The second-order valence-electron chi connectivity index (χ2n) is 10.6. The number of amides is 3. The lowest BCUT2D eigenvalue weighted by atomic mass is 9.60. The summed E-state index contributed by atoms with van der Waals surface area (Å²) in [6.07, 6.45) is -3.96. The molecule has 0 radical (unpaired) electrons. The third-order valence-electron chi connectivity index (χ3n) is 8.70. The number of alkyl halides is 3. The van der Waals surface area contributed by atoms with Crippen molar-refractivity contribution in [3.63, 3.8) is 0 Å². The van der Waals surface area contributed by atoms with Crippen molar-refractivity contribution in [2.75, 3.05) is 38.5 Å². The minimum absolute atomic E-state index is 0.0560. The van der Waals surface area contributed by atoms with Crippen LogP contribution in [0.5, 0.6) is 0 Å². The van der Waals surface area contributed by atoms with Crippen LogP contribution in [-0.2, 0) is 19.1 Å². The number of carbonyl (C=O) groups is 2. The predicted molar refractivity (Wildman–Crippen MR) is 128 cm³/mol. The number of nitrogen functional groups attached to an aromatic ring is 1. The van der Waals surface area contributed by atoms with E-state index < -0.39 is 11.7 Å². The number of halogens is 3. The summed E-state index contributed by atoms with van der Waals surface area (Å²) in [5.74, 6) is 1.31. The van der Waals surface area contributed by atoms with E-state index in [0.29, 0.717) is 86.2 Å². The van der Waals surface area contributed by atoms with Gasteiger partial charge >= 0.3 is 12.2 Å². The van der Waals surface area contributed by atoms with Crippen molar-refractivity contribution < 1.29 is 22.8 Å². The molecule has 6 rings (SSSR count). The Kier molecular flexibility index (Phi) is 5.43. The normalized spacial score (nSPS) is 26.3. The minimum Gasteiger partial charge on any atom is -0.397 e. The van der Waals surface area contributed by atoms with Gasteiger partial charge in [-0.15, -0.1) is 0 Å². The second-order valence-corrected chi connectivity index (χ2v) is 10.6. The highest BCUT2D eigenvalue weighted by Gasteiger charge is 2.59. The molecule has 1 unspecified atom stereocenters. The molecule has 1 saturated carbocycles. The van der Waals surface area contributed by atoms with Gasteiger partial charge in [0, 0.05) is 44.8 Å². The lowest BCUT2D eigenvalue weighted by Crippen LogP contribution is -2.44. The number of nitrogens with zero attached hydrogens (tertiary/aromatic N) is 4. The molecule has 3 amide bonds. The zero-order chi connectivity index (χ0) is 26.1. The van der Waals surface area contributed by atoms with Gasteiger partial charge in [-0.05, 0) is 71.6 Å². The molecule has 2 aromatic rings. The quantitative estimate of drug-likeness (QED) is 0.461. The summed E-state index contributed by atoms with van der Waals surface area (Å²) in [5.41, 5.74) is 14.9. The van der Waals surface area contributed by atoms with Crippen LogP contribution in [0.3, 0.4) is 0 Å². The van der Waals surface area contributed by atoms with Gasteiger partial charge in [0.15, 0.2) is 0 Å². The van der Waals surface area contributed by atoms with E-state index in [-0.39, 0.29) is 17.6 Å². The molecule has 3 aliphatic heterocycles. The average Bonchev–Trinajstić information content (AvgIpc) is 3.45. The number of nitrogens with two attached hydrogens (primary N) is 1. The molecule has 4 aliphatic rings. The Morgan fingerprint density at radius 3 is 2.16 bits per heavy atom. The number of urea groups is 1. The summed E-state index contributed by atoms with van der Waals surface area (Å²) in [7, 11) is 0. The summed E-state index contributed by atoms with van der Waals surface area (Å²) in [4.78, 5) is 31.8. The molecule has 194 valence electrons. The largest absolute Gasteiger partial charge is 0.416 e. The van der Waals surface area contributed by atoms with Gasteiger partial charge in [0.2, 0.25) is 0 Å². The number of anilines is 1. The van der Waals surface area contributed by atoms with Gasteiger partial charge in [-0.3, -0.25) is 4.79 Å². The molecule has 2 saturated heterocycles. The third-order valence-corrected chi connectivity index (χ3v) is 8.70. The van der Waals surface area contributed by atoms with Crippen molar-refractivity contribution >= 4 is 23.3 Å². The lowest BCUT2D eigenvalue weighted by molar-refractivity contribution is -0.137. The fraction of sp³-hybridized carbons (Fsp3) is 0.462. The molecule has 11 heteroatoms. The number of carbonyl (C=O) groups excluding carboxylic acids is 2. The first-order chi connectivity index (χ1) is 17.6. The van der Waals surface area contributed by atoms with E-state index in [1.165, 1.54) is 12.1 Å². The van der Waals surface area contributed by atoms with Crippen LogP contribution in [0.25, 0.3) is 0 Å². The van der Waals surface area contributed by atoms with Crippen LogP contribution in [0, 0.1) is 29.2 Å². The Labute approximate surface area is 211 Å². The van der Waals surface area contributed by atoms with E-state index in [9.17, 15) is 22.8 Å². The molecule has 3 heterocycles. The molecule has 0 spiro atoms. The minimum atomic E-state index is -4.37. The topological polar surface area (TPSA) is 106 Å². The SMILES string of the molecule is N=Nc1cc(C(=O)N2C[C@H]3[C@@H](C2)C2CN(C(=O)N4CCc5cc(C(F)(F)F)ccc5C4)C[C@@H]23)ccc1N. The number of hydrogen-bond acceptors (Lipinski definition) is 5. The Morgan fingerprint density at radius 2 is 1.54 bits per heavy atom.